The minimum atomic E-state index is -0.411. The summed E-state index contributed by atoms with van der Waals surface area (Å²) in [6.07, 6.45) is 6.13. The van der Waals surface area contributed by atoms with Gasteiger partial charge in [0.15, 0.2) is 0 Å². The number of carbonyl (C=O) groups is 1. The molecule has 1 aromatic carbocycles. The fourth-order valence-electron chi connectivity index (χ4n) is 3.46. The van der Waals surface area contributed by atoms with E-state index in [1.165, 1.54) is 16.5 Å². The molecule has 0 saturated heterocycles. The highest BCUT2D eigenvalue weighted by atomic mass is 16.3. The Kier molecular flexibility index (Phi) is 4.86. The quantitative estimate of drug-likeness (QED) is 0.700. The van der Waals surface area contributed by atoms with Crippen LogP contribution in [0.4, 0.5) is 4.79 Å². The first kappa shape index (κ1) is 15.9. The molecule has 5 heteroatoms. The first-order valence-corrected chi connectivity index (χ1v) is 8.43. The van der Waals surface area contributed by atoms with Crippen LogP contribution in [0.1, 0.15) is 36.8 Å². The Hall–Kier alpha value is -2.01. The van der Waals surface area contributed by atoms with Gasteiger partial charge in [-0.25, -0.2) is 4.79 Å². The Morgan fingerprint density at radius 2 is 2.17 bits per heavy atom. The number of urea groups is 1. The van der Waals surface area contributed by atoms with Gasteiger partial charge in [0.2, 0.25) is 0 Å². The van der Waals surface area contributed by atoms with Crippen molar-refractivity contribution >= 4 is 16.9 Å². The Morgan fingerprint density at radius 3 is 3.00 bits per heavy atom. The summed E-state index contributed by atoms with van der Waals surface area (Å²) in [6, 6.07) is 5.91. The average molecular weight is 315 g/mol. The molecule has 2 unspecified atom stereocenters. The molecular weight excluding hydrogens is 290 g/mol. The van der Waals surface area contributed by atoms with E-state index in [1.54, 1.807) is 0 Å². The van der Waals surface area contributed by atoms with Crippen LogP contribution < -0.4 is 10.6 Å². The van der Waals surface area contributed by atoms with Crippen molar-refractivity contribution in [1.82, 2.24) is 15.6 Å². The topological polar surface area (TPSA) is 77.2 Å². The highest BCUT2D eigenvalue weighted by Crippen LogP contribution is 2.22. The first-order valence-electron chi connectivity index (χ1n) is 8.43. The number of amides is 2. The number of carbonyl (C=O) groups excluding carboxylic acids is 1. The number of aliphatic hydroxyl groups is 1. The summed E-state index contributed by atoms with van der Waals surface area (Å²) in [5, 5.41) is 16.9. The van der Waals surface area contributed by atoms with Crippen molar-refractivity contribution in [1.29, 1.82) is 0 Å². The number of aliphatic hydroxyl groups excluding tert-OH is 1. The molecule has 1 aliphatic carbocycles. The lowest BCUT2D eigenvalue weighted by Gasteiger charge is -2.28. The molecule has 1 heterocycles. The van der Waals surface area contributed by atoms with Gasteiger partial charge in [0.25, 0.3) is 0 Å². The molecule has 4 N–H and O–H groups in total. The maximum atomic E-state index is 12.0. The van der Waals surface area contributed by atoms with Gasteiger partial charge in [0, 0.05) is 23.6 Å². The molecule has 3 rings (SSSR count). The van der Waals surface area contributed by atoms with Crippen LogP contribution in [0.15, 0.2) is 24.4 Å². The summed E-state index contributed by atoms with van der Waals surface area (Å²) in [5.74, 6) is 0. The normalized spacial score (nSPS) is 21.3. The lowest BCUT2D eigenvalue weighted by Crippen LogP contribution is -2.49. The van der Waals surface area contributed by atoms with Crippen molar-refractivity contribution in [3.8, 4) is 0 Å². The number of aryl methyl sites for hydroxylation is 1. The molecule has 2 amide bonds. The van der Waals surface area contributed by atoms with Crippen LogP contribution in [0.25, 0.3) is 10.9 Å². The third-order valence-corrected chi connectivity index (χ3v) is 4.72. The zero-order valence-corrected chi connectivity index (χ0v) is 13.6. The maximum absolute atomic E-state index is 12.0. The van der Waals surface area contributed by atoms with Gasteiger partial charge < -0.3 is 20.7 Å². The minimum absolute atomic E-state index is 0.112. The van der Waals surface area contributed by atoms with Crippen molar-refractivity contribution in [2.75, 3.05) is 6.54 Å². The van der Waals surface area contributed by atoms with Crippen molar-refractivity contribution < 1.29 is 9.90 Å². The van der Waals surface area contributed by atoms with Gasteiger partial charge in [-0.3, -0.25) is 0 Å². The molecule has 0 spiro atoms. The van der Waals surface area contributed by atoms with Gasteiger partial charge in [0.05, 0.1) is 12.1 Å². The summed E-state index contributed by atoms with van der Waals surface area (Å²) in [5.41, 5.74) is 3.60. The molecule has 1 fully saturated rings. The Morgan fingerprint density at radius 1 is 1.35 bits per heavy atom. The number of fused-ring (bicyclic) bond motifs is 1. The van der Waals surface area contributed by atoms with E-state index in [-0.39, 0.29) is 12.1 Å². The highest BCUT2D eigenvalue weighted by Gasteiger charge is 2.24. The van der Waals surface area contributed by atoms with E-state index in [0.717, 1.165) is 37.6 Å². The Bertz CT molecular complexity index is 680. The zero-order valence-electron chi connectivity index (χ0n) is 13.6. The molecule has 2 aromatic rings. The average Bonchev–Trinajstić information content (AvgIpc) is 2.94. The summed E-state index contributed by atoms with van der Waals surface area (Å²) in [4.78, 5) is 15.3. The van der Waals surface area contributed by atoms with E-state index >= 15 is 0 Å². The second-order valence-corrected chi connectivity index (χ2v) is 6.42. The zero-order chi connectivity index (χ0) is 16.2. The van der Waals surface area contributed by atoms with E-state index in [2.05, 4.69) is 34.7 Å². The third kappa shape index (κ3) is 3.67. The minimum Gasteiger partial charge on any atom is -0.391 e. The number of aromatic nitrogens is 1. The maximum Gasteiger partial charge on any atom is 0.315 e. The Balaban J connectivity index is 1.51. The predicted molar refractivity (Wildman–Crippen MR) is 91.5 cm³/mol. The number of benzene rings is 1. The monoisotopic (exact) mass is 315 g/mol. The van der Waals surface area contributed by atoms with Gasteiger partial charge >= 0.3 is 6.03 Å². The third-order valence-electron chi connectivity index (χ3n) is 4.72. The highest BCUT2D eigenvalue weighted by molar-refractivity contribution is 5.86. The van der Waals surface area contributed by atoms with Crippen molar-refractivity contribution in [3.63, 3.8) is 0 Å². The number of rotatable bonds is 4. The molecule has 1 aromatic heterocycles. The molecule has 1 aliphatic rings. The lowest BCUT2D eigenvalue weighted by molar-refractivity contribution is 0.0943. The van der Waals surface area contributed by atoms with E-state index in [1.807, 2.05) is 12.3 Å². The molecule has 0 aliphatic heterocycles. The number of H-pyrrole nitrogens is 1. The number of hydrogen-bond acceptors (Lipinski definition) is 2. The van der Waals surface area contributed by atoms with Crippen LogP contribution >= 0.6 is 0 Å². The van der Waals surface area contributed by atoms with Crippen LogP contribution in [0.5, 0.6) is 0 Å². The molecule has 0 radical (unpaired) electrons. The number of aromatic amines is 1. The molecule has 5 nitrogen and oxygen atoms in total. The van der Waals surface area contributed by atoms with Crippen molar-refractivity contribution in [2.24, 2.45) is 0 Å². The van der Waals surface area contributed by atoms with Crippen LogP contribution in [-0.4, -0.2) is 34.8 Å². The smallest absolute Gasteiger partial charge is 0.315 e. The summed E-state index contributed by atoms with van der Waals surface area (Å²) >= 11 is 0. The van der Waals surface area contributed by atoms with Crippen molar-refractivity contribution in [3.05, 3.63) is 35.5 Å². The van der Waals surface area contributed by atoms with Crippen LogP contribution in [-0.2, 0) is 6.42 Å². The second kappa shape index (κ2) is 7.04. The summed E-state index contributed by atoms with van der Waals surface area (Å²) in [7, 11) is 0. The Labute approximate surface area is 136 Å². The number of nitrogens with one attached hydrogen (secondary N) is 3. The van der Waals surface area contributed by atoms with Gasteiger partial charge in [-0.2, -0.15) is 0 Å². The van der Waals surface area contributed by atoms with E-state index in [9.17, 15) is 9.90 Å². The van der Waals surface area contributed by atoms with Crippen LogP contribution in [0, 0.1) is 6.92 Å². The van der Waals surface area contributed by atoms with Crippen LogP contribution in [0.2, 0.25) is 0 Å². The fourth-order valence-corrected chi connectivity index (χ4v) is 3.46. The first-order chi connectivity index (χ1) is 11.1. The van der Waals surface area contributed by atoms with Gasteiger partial charge in [0.1, 0.15) is 0 Å². The fraction of sp³-hybridized carbons (Fsp3) is 0.500. The molecular formula is C18H25N3O2. The largest absolute Gasteiger partial charge is 0.391 e. The molecule has 23 heavy (non-hydrogen) atoms. The van der Waals surface area contributed by atoms with E-state index in [0.29, 0.717) is 6.54 Å². The second-order valence-electron chi connectivity index (χ2n) is 6.42. The van der Waals surface area contributed by atoms with Gasteiger partial charge in [-0.05, 0) is 43.4 Å². The summed E-state index contributed by atoms with van der Waals surface area (Å²) in [6.45, 7) is 2.68. The van der Waals surface area contributed by atoms with E-state index in [4.69, 9.17) is 0 Å². The number of hydrogen-bond donors (Lipinski definition) is 4. The molecule has 1 saturated carbocycles. The van der Waals surface area contributed by atoms with Crippen molar-refractivity contribution in [2.45, 2.75) is 51.2 Å². The predicted octanol–water partition coefficient (Wildman–Crippen LogP) is 2.62. The van der Waals surface area contributed by atoms with E-state index < -0.39 is 6.10 Å². The molecule has 0 bridgehead atoms. The standard InChI is InChI=1S/C18H25N3O2/c1-12-5-4-7-15-17(12)13(11-20-15)9-10-19-18(23)21-14-6-2-3-8-16(14)22/h4-5,7,11,14,16,20,22H,2-3,6,8-10H2,1H3,(H2,19,21,23). The van der Waals surface area contributed by atoms with Crippen LogP contribution in [0.3, 0.4) is 0 Å². The molecule has 124 valence electrons. The van der Waals surface area contributed by atoms with Gasteiger partial charge in [-0.1, -0.05) is 25.0 Å². The SMILES string of the molecule is Cc1cccc2[nH]cc(CCNC(=O)NC3CCCCC3O)c12. The molecule has 2 atom stereocenters. The summed E-state index contributed by atoms with van der Waals surface area (Å²) < 4.78 is 0. The van der Waals surface area contributed by atoms with Gasteiger partial charge in [-0.15, -0.1) is 0 Å². The lowest BCUT2D eigenvalue weighted by atomic mass is 9.93.